The van der Waals surface area contributed by atoms with Gasteiger partial charge in [0.05, 0.1) is 10.0 Å². The number of nitrogens with two attached hydrogens (primary N) is 1. The lowest BCUT2D eigenvalue weighted by molar-refractivity contribution is 0.787. The first kappa shape index (κ1) is 11.5. The average Bonchev–Trinajstić information content (AvgIpc) is 2.61. The molecule has 0 radical (unpaired) electrons. The monoisotopic (exact) mass is 275 g/mol. The summed E-state index contributed by atoms with van der Waals surface area (Å²) in [5, 5.41) is 9.67. The number of anilines is 1. The standard InChI is InChI=1S/C8H7Cl2N5S/c1-15-3-12-14-8(15)16-7-5(10)2-4(9)6(11)13-7/h2-3H,1H3,(H2,11,13). The Morgan fingerprint density at radius 2 is 2.12 bits per heavy atom. The third-order valence-electron chi connectivity index (χ3n) is 1.78. The Hall–Kier alpha value is -0.980. The van der Waals surface area contributed by atoms with Crippen molar-refractivity contribution in [2.24, 2.45) is 7.05 Å². The van der Waals surface area contributed by atoms with Crippen LogP contribution in [0.1, 0.15) is 0 Å². The van der Waals surface area contributed by atoms with Crippen molar-refractivity contribution in [2.75, 3.05) is 5.73 Å². The zero-order valence-electron chi connectivity index (χ0n) is 8.19. The predicted octanol–water partition coefficient (Wildman–Crippen LogP) is 2.25. The smallest absolute Gasteiger partial charge is 0.197 e. The molecule has 0 bridgehead atoms. The minimum atomic E-state index is 0.246. The van der Waals surface area contributed by atoms with Crippen molar-refractivity contribution in [2.45, 2.75) is 10.2 Å². The third-order valence-corrected chi connectivity index (χ3v) is 3.54. The molecule has 84 valence electrons. The van der Waals surface area contributed by atoms with Crippen molar-refractivity contribution in [1.29, 1.82) is 0 Å². The molecule has 2 heterocycles. The number of halogens is 2. The molecule has 2 N–H and O–H groups in total. The van der Waals surface area contributed by atoms with Crippen LogP contribution in [0, 0.1) is 0 Å². The van der Waals surface area contributed by atoms with Gasteiger partial charge in [-0.15, -0.1) is 10.2 Å². The predicted molar refractivity (Wildman–Crippen MR) is 63.8 cm³/mol. The molecule has 2 aromatic rings. The molecule has 2 rings (SSSR count). The number of nitrogens with zero attached hydrogens (tertiary/aromatic N) is 4. The Morgan fingerprint density at radius 1 is 1.38 bits per heavy atom. The van der Waals surface area contributed by atoms with E-state index in [-0.39, 0.29) is 5.82 Å². The van der Waals surface area contributed by atoms with Crippen LogP contribution in [0.4, 0.5) is 5.82 Å². The van der Waals surface area contributed by atoms with Gasteiger partial charge in [-0.25, -0.2) is 4.98 Å². The van der Waals surface area contributed by atoms with Gasteiger partial charge in [0.15, 0.2) is 5.16 Å². The van der Waals surface area contributed by atoms with E-state index in [4.69, 9.17) is 28.9 Å². The molecule has 0 aliphatic heterocycles. The van der Waals surface area contributed by atoms with Gasteiger partial charge in [-0.1, -0.05) is 23.2 Å². The minimum Gasteiger partial charge on any atom is -0.382 e. The normalized spacial score (nSPS) is 10.7. The number of pyridine rings is 1. The van der Waals surface area contributed by atoms with Crippen molar-refractivity contribution in [3.63, 3.8) is 0 Å². The maximum absolute atomic E-state index is 5.99. The molecule has 0 aromatic carbocycles. The van der Waals surface area contributed by atoms with Crippen LogP contribution < -0.4 is 5.73 Å². The Labute approximate surface area is 106 Å². The lowest BCUT2D eigenvalue weighted by Crippen LogP contribution is -1.95. The maximum atomic E-state index is 5.99. The zero-order chi connectivity index (χ0) is 11.7. The first-order chi connectivity index (χ1) is 7.58. The lowest BCUT2D eigenvalue weighted by Gasteiger charge is -2.04. The van der Waals surface area contributed by atoms with Crippen LogP contribution in [0.5, 0.6) is 0 Å². The van der Waals surface area contributed by atoms with Gasteiger partial charge in [0.1, 0.15) is 17.2 Å². The molecule has 0 saturated heterocycles. The van der Waals surface area contributed by atoms with Crippen LogP contribution in [0.15, 0.2) is 22.6 Å². The fraction of sp³-hybridized carbons (Fsp3) is 0.125. The minimum absolute atomic E-state index is 0.246. The highest BCUT2D eigenvalue weighted by Crippen LogP contribution is 2.33. The van der Waals surface area contributed by atoms with E-state index in [9.17, 15) is 0 Å². The van der Waals surface area contributed by atoms with Crippen molar-refractivity contribution in [1.82, 2.24) is 19.7 Å². The number of rotatable bonds is 2. The van der Waals surface area contributed by atoms with Gasteiger partial charge < -0.3 is 10.3 Å². The average molecular weight is 276 g/mol. The van der Waals surface area contributed by atoms with E-state index in [1.165, 1.54) is 11.8 Å². The van der Waals surface area contributed by atoms with Crippen molar-refractivity contribution in [3.8, 4) is 0 Å². The van der Waals surface area contributed by atoms with Crippen LogP contribution in [-0.4, -0.2) is 19.7 Å². The van der Waals surface area contributed by atoms with Gasteiger partial charge in [0.2, 0.25) is 0 Å². The van der Waals surface area contributed by atoms with E-state index in [0.717, 1.165) is 0 Å². The van der Waals surface area contributed by atoms with E-state index in [0.29, 0.717) is 20.2 Å². The van der Waals surface area contributed by atoms with Crippen LogP contribution in [0.2, 0.25) is 10.0 Å². The summed E-state index contributed by atoms with van der Waals surface area (Å²) in [6, 6.07) is 1.56. The molecule has 0 unspecified atom stereocenters. The van der Waals surface area contributed by atoms with E-state index in [1.807, 2.05) is 7.05 Å². The fourth-order valence-electron chi connectivity index (χ4n) is 0.986. The summed E-state index contributed by atoms with van der Waals surface area (Å²) in [5.74, 6) is 0.246. The van der Waals surface area contributed by atoms with E-state index >= 15 is 0 Å². The second kappa shape index (κ2) is 4.48. The number of aromatic nitrogens is 4. The third kappa shape index (κ3) is 2.23. The number of hydrogen-bond acceptors (Lipinski definition) is 5. The summed E-state index contributed by atoms with van der Waals surface area (Å²) in [7, 11) is 1.83. The van der Waals surface area contributed by atoms with Gasteiger partial charge in [-0.3, -0.25) is 0 Å². The largest absolute Gasteiger partial charge is 0.382 e. The first-order valence-corrected chi connectivity index (χ1v) is 5.78. The van der Waals surface area contributed by atoms with Crippen molar-refractivity contribution < 1.29 is 0 Å². The highest BCUT2D eigenvalue weighted by atomic mass is 35.5. The highest BCUT2D eigenvalue weighted by molar-refractivity contribution is 7.99. The molecule has 0 amide bonds. The molecule has 8 heteroatoms. The van der Waals surface area contributed by atoms with Crippen LogP contribution in [0.25, 0.3) is 0 Å². The topological polar surface area (TPSA) is 69.6 Å². The quantitative estimate of drug-likeness (QED) is 0.911. The lowest BCUT2D eigenvalue weighted by atomic mass is 10.5. The molecular formula is C8H7Cl2N5S. The summed E-state index contributed by atoms with van der Waals surface area (Å²) in [6.45, 7) is 0. The Balaban J connectivity index is 2.35. The van der Waals surface area contributed by atoms with Gasteiger partial charge in [0, 0.05) is 7.05 Å². The molecule has 16 heavy (non-hydrogen) atoms. The summed E-state index contributed by atoms with van der Waals surface area (Å²) in [4.78, 5) is 4.08. The number of aryl methyl sites for hydroxylation is 1. The van der Waals surface area contributed by atoms with Crippen molar-refractivity contribution >= 4 is 40.8 Å². The first-order valence-electron chi connectivity index (χ1n) is 4.21. The summed E-state index contributed by atoms with van der Waals surface area (Å²) in [6.07, 6.45) is 1.59. The highest BCUT2D eigenvalue weighted by Gasteiger charge is 2.11. The van der Waals surface area contributed by atoms with Crippen LogP contribution >= 0.6 is 35.0 Å². The Morgan fingerprint density at radius 3 is 2.75 bits per heavy atom. The van der Waals surface area contributed by atoms with Gasteiger partial charge >= 0.3 is 0 Å². The summed E-state index contributed by atoms with van der Waals surface area (Å²) < 4.78 is 1.76. The SMILES string of the molecule is Cn1cnnc1Sc1nc(N)c(Cl)cc1Cl. The Bertz CT molecular complexity index is 527. The second-order valence-electron chi connectivity index (χ2n) is 2.97. The Kier molecular flexibility index (Phi) is 3.22. The molecule has 0 aliphatic carbocycles. The van der Waals surface area contributed by atoms with E-state index in [2.05, 4.69) is 15.2 Å². The molecule has 0 fully saturated rings. The number of hydrogen-bond donors (Lipinski definition) is 1. The summed E-state index contributed by atoms with van der Waals surface area (Å²) >= 11 is 13.1. The van der Waals surface area contributed by atoms with Gasteiger partial charge in [-0.2, -0.15) is 0 Å². The molecular weight excluding hydrogens is 269 g/mol. The molecule has 0 spiro atoms. The van der Waals surface area contributed by atoms with Crippen LogP contribution in [0.3, 0.4) is 0 Å². The molecule has 0 saturated carbocycles. The van der Waals surface area contributed by atoms with Gasteiger partial charge in [0.25, 0.3) is 0 Å². The molecule has 2 aromatic heterocycles. The number of nitrogen functional groups attached to an aromatic ring is 1. The second-order valence-corrected chi connectivity index (χ2v) is 4.74. The van der Waals surface area contributed by atoms with Crippen LogP contribution in [-0.2, 0) is 7.05 Å². The molecule has 0 aliphatic rings. The fourth-order valence-corrected chi connectivity index (χ4v) is 2.21. The maximum Gasteiger partial charge on any atom is 0.197 e. The zero-order valence-corrected chi connectivity index (χ0v) is 10.5. The molecule has 0 atom stereocenters. The van der Waals surface area contributed by atoms with Gasteiger partial charge in [-0.05, 0) is 17.8 Å². The van der Waals surface area contributed by atoms with E-state index < -0.39 is 0 Å². The summed E-state index contributed by atoms with van der Waals surface area (Å²) in [5.41, 5.74) is 5.60. The van der Waals surface area contributed by atoms with E-state index in [1.54, 1.807) is 17.0 Å². The molecule has 5 nitrogen and oxygen atoms in total. The van der Waals surface area contributed by atoms with Crippen molar-refractivity contribution in [3.05, 3.63) is 22.4 Å².